The first-order chi connectivity index (χ1) is 12.0. The molecule has 2 N–H and O–H groups in total. The Morgan fingerprint density at radius 3 is 2.76 bits per heavy atom. The van der Waals surface area contributed by atoms with Gasteiger partial charge in [-0.15, -0.1) is 0 Å². The monoisotopic (exact) mass is 354 g/mol. The number of carbonyl (C=O) groups is 1. The van der Waals surface area contributed by atoms with E-state index in [0.717, 1.165) is 51.0 Å². The van der Waals surface area contributed by atoms with Gasteiger partial charge < -0.3 is 10.1 Å². The minimum Gasteiger partial charge on any atom is -0.465 e. The first-order valence-electron chi connectivity index (χ1n) is 8.37. The topological polar surface area (TPSA) is 56.3 Å². The number of carboxylic acid groups (broad SMARTS) is 1. The molecule has 1 aromatic heterocycles. The van der Waals surface area contributed by atoms with Crippen molar-refractivity contribution in [2.75, 3.05) is 6.54 Å². The summed E-state index contributed by atoms with van der Waals surface area (Å²) >= 11 is 6.33. The maximum absolute atomic E-state index is 11.3. The SMILES string of the molecule is Cc1c(Cl)cc2[nH]c3ccc(C4=CN(C(=O)O)CCC4)cc3c2c1C. The highest BCUT2D eigenvalue weighted by Gasteiger charge is 2.18. The Hall–Kier alpha value is -2.46. The summed E-state index contributed by atoms with van der Waals surface area (Å²) in [4.78, 5) is 16.1. The third kappa shape index (κ3) is 2.57. The lowest BCUT2D eigenvalue weighted by atomic mass is 9.96. The van der Waals surface area contributed by atoms with Crippen molar-refractivity contribution in [1.82, 2.24) is 9.88 Å². The Balaban J connectivity index is 1.92. The summed E-state index contributed by atoms with van der Waals surface area (Å²) in [6.07, 6.45) is 2.60. The molecule has 0 spiro atoms. The minimum absolute atomic E-state index is 0.560. The van der Waals surface area contributed by atoms with E-state index in [1.54, 1.807) is 6.20 Å². The molecule has 0 bridgehead atoms. The molecule has 0 fully saturated rings. The molecule has 0 unspecified atom stereocenters. The van der Waals surface area contributed by atoms with Crippen LogP contribution in [0.25, 0.3) is 27.4 Å². The van der Waals surface area contributed by atoms with Crippen LogP contribution in [-0.2, 0) is 0 Å². The van der Waals surface area contributed by atoms with Crippen LogP contribution < -0.4 is 0 Å². The Morgan fingerprint density at radius 2 is 2.00 bits per heavy atom. The number of amides is 1. The van der Waals surface area contributed by atoms with Crippen molar-refractivity contribution in [3.05, 3.63) is 52.2 Å². The first kappa shape index (κ1) is 16.0. The Kier molecular flexibility index (Phi) is 3.73. The van der Waals surface area contributed by atoms with Crippen LogP contribution in [0.2, 0.25) is 5.02 Å². The van der Waals surface area contributed by atoms with E-state index in [-0.39, 0.29) is 0 Å². The molecule has 0 saturated carbocycles. The molecule has 1 amide bonds. The van der Waals surface area contributed by atoms with Gasteiger partial charge in [0.2, 0.25) is 0 Å². The summed E-state index contributed by atoms with van der Waals surface area (Å²) < 4.78 is 0. The van der Waals surface area contributed by atoms with Gasteiger partial charge in [-0.1, -0.05) is 17.7 Å². The normalized spacial score (nSPS) is 15.0. The van der Waals surface area contributed by atoms with Gasteiger partial charge in [0.05, 0.1) is 0 Å². The first-order valence-corrected chi connectivity index (χ1v) is 8.75. The Morgan fingerprint density at radius 1 is 1.20 bits per heavy atom. The van der Waals surface area contributed by atoms with Crippen LogP contribution >= 0.6 is 11.6 Å². The van der Waals surface area contributed by atoms with Crippen LogP contribution in [0.15, 0.2) is 30.5 Å². The van der Waals surface area contributed by atoms with E-state index in [4.69, 9.17) is 11.6 Å². The van der Waals surface area contributed by atoms with E-state index in [9.17, 15) is 9.90 Å². The van der Waals surface area contributed by atoms with Gasteiger partial charge in [0.1, 0.15) is 0 Å². The van der Waals surface area contributed by atoms with Crippen LogP contribution in [0, 0.1) is 13.8 Å². The number of nitrogens with zero attached hydrogens (tertiary/aromatic N) is 1. The number of aryl methyl sites for hydroxylation is 1. The number of aromatic nitrogens is 1. The fourth-order valence-corrected chi connectivity index (χ4v) is 3.90. The van der Waals surface area contributed by atoms with E-state index in [0.29, 0.717) is 6.54 Å². The maximum atomic E-state index is 11.3. The Labute approximate surface area is 150 Å². The quantitative estimate of drug-likeness (QED) is 0.588. The van der Waals surface area contributed by atoms with Gasteiger partial charge in [0.15, 0.2) is 0 Å². The smallest absolute Gasteiger partial charge is 0.411 e. The fraction of sp³-hybridized carbons (Fsp3) is 0.250. The molecule has 128 valence electrons. The summed E-state index contributed by atoms with van der Waals surface area (Å²) in [5.41, 5.74) is 6.50. The van der Waals surface area contributed by atoms with Crippen LogP contribution in [0.4, 0.5) is 4.79 Å². The van der Waals surface area contributed by atoms with E-state index in [1.807, 2.05) is 13.0 Å². The van der Waals surface area contributed by atoms with Crippen molar-refractivity contribution in [1.29, 1.82) is 0 Å². The summed E-state index contributed by atoms with van der Waals surface area (Å²) in [7, 11) is 0. The zero-order valence-corrected chi connectivity index (χ0v) is 14.9. The van der Waals surface area contributed by atoms with Crippen LogP contribution in [-0.4, -0.2) is 27.6 Å². The molecule has 1 aliphatic heterocycles. The molecule has 5 heteroatoms. The maximum Gasteiger partial charge on any atom is 0.411 e. The van der Waals surface area contributed by atoms with E-state index < -0.39 is 6.09 Å². The molecular weight excluding hydrogens is 336 g/mol. The minimum atomic E-state index is -0.897. The standard InChI is InChI=1S/C20H19ClN2O2/c1-11-12(2)19-15-8-13(14-4-3-7-23(10-14)20(24)25)5-6-17(15)22-18(19)9-16(11)21/h5-6,8-10,22H,3-4,7H2,1-2H3,(H,24,25). The lowest BCUT2D eigenvalue weighted by molar-refractivity contribution is 0.161. The lowest BCUT2D eigenvalue weighted by Crippen LogP contribution is -2.27. The van der Waals surface area contributed by atoms with Crippen LogP contribution in [0.1, 0.15) is 29.5 Å². The average molecular weight is 355 g/mol. The van der Waals surface area contributed by atoms with E-state index >= 15 is 0 Å². The third-order valence-corrected chi connectivity index (χ3v) is 5.56. The molecule has 2 heterocycles. The highest BCUT2D eigenvalue weighted by molar-refractivity contribution is 6.32. The van der Waals surface area contributed by atoms with Crippen molar-refractivity contribution in [2.45, 2.75) is 26.7 Å². The van der Waals surface area contributed by atoms with Crippen molar-refractivity contribution >= 4 is 45.1 Å². The van der Waals surface area contributed by atoms with E-state index in [1.165, 1.54) is 15.8 Å². The number of rotatable bonds is 1. The number of fused-ring (bicyclic) bond motifs is 3. The van der Waals surface area contributed by atoms with Crippen molar-refractivity contribution in [2.24, 2.45) is 0 Å². The van der Waals surface area contributed by atoms with Gasteiger partial charge in [-0.2, -0.15) is 0 Å². The molecule has 0 radical (unpaired) electrons. The number of aromatic amines is 1. The molecule has 1 aliphatic rings. The predicted octanol–water partition coefficient (Wildman–Crippen LogP) is 5.71. The zero-order valence-electron chi connectivity index (χ0n) is 14.2. The molecule has 3 aromatic rings. The largest absolute Gasteiger partial charge is 0.465 e. The number of hydrogen-bond acceptors (Lipinski definition) is 1. The predicted molar refractivity (Wildman–Crippen MR) is 102 cm³/mol. The second-order valence-electron chi connectivity index (χ2n) is 6.65. The summed E-state index contributed by atoms with van der Waals surface area (Å²) in [6, 6.07) is 8.25. The van der Waals surface area contributed by atoms with Gasteiger partial charge in [-0.3, -0.25) is 4.90 Å². The molecule has 0 aliphatic carbocycles. The van der Waals surface area contributed by atoms with Crippen LogP contribution in [0.3, 0.4) is 0 Å². The van der Waals surface area contributed by atoms with Gasteiger partial charge >= 0.3 is 6.09 Å². The molecule has 25 heavy (non-hydrogen) atoms. The zero-order chi connectivity index (χ0) is 17.7. The van der Waals surface area contributed by atoms with Crippen LogP contribution in [0.5, 0.6) is 0 Å². The number of allylic oxidation sites excluding steroid dienone is 1. The number of hydrogen-bond donors (Lipinski definition) is 2. The fourth-order valence-electron chi connectivity index (χ4n) is 3.65. The number of benzene rings is 2. The van der Waals surface area contributed by atoms with Gasteiger partial charge in [-0.25, -0.2) is 4.79 Å². The summed E-state index contributed by atoms with van der Waals surface area (Å²) in [6.45, 7) is 4.69. The lowest BCUT2D eigenvalue weighted by Gasteiger charge is -2.22. The van der Waals surface area contributed by atoms with Gasteiger partial charge in [0, 0.05) is 39.6 Å². The van der Waals surface area contributed by atoms with E-state index in [2.05, 4.69) is 30.1 Å². The van der Waals surface area contributed by atoms with Crippen molar-refractivity contribution < 1.29 is 9.90 Å². The molecule has 4 rings (SSSR count). The molecule has 2 aromatic carbocycles. The van der Waals surface area contributed by atoms with Crippen molar-refractivity contribution in [3.8, 4) is 0 Å². The second kappa shape index (κ2) is 5.81. The molecule has 0 atom stereocenters. The highest BCUT2D eigenvalue weighted by atomic mass is 35.5. The summed E-state index contributed by atoms with van der Waals surface area (Å²) in [5, 5.41) is 12.3. The molecular formula is C20H19ClN2O2. The van der Waals surface area contributed by atoms with Crippen molar-refractivity contribution in [3.63, 3.8) is 0 Å². The van der Waals surface area contributed by atoms with Gasteiger partial charge in [-0.05, 0) is 67.2 Å². The number of halogens is 1. The summed E-state index contributed by atoms with van der Waals surface area (Å²) in [5.74, 6) is 0. The number of H-pyrrole nitrogens is 1. The molecule has 4 nitrogen and oxygen atoms in total. The van der Waals surface area contributed by atoms with Gasteiger partial charge in [0.25, 0.3) is 0 Å². The number of nitrogens with one attached hydrogen (secondary N) is 1. The Bertz CT molecular complexity index is 1050. The molecule has 0 saturated heterocycles. The average Bonchev–Trinajstić information content (AvgIpc) is 2.97. The highest BCUT2D eigenvalue weighted by Crippen LogP contribution is 2.36. The third-order valence-electron chi connectivity index (χ3n) is 5.17. The second-order valence-corrected chi connectivity index (χ2v) is 7.06.